The first-order valence-corrected chi connectivity index (χ1v) is 8.71. The van der Waals surface area contributed by atoms with Crippen LogP contribution in [-0.4, -0.2) is 46.6 Å². The number of rotatable bonds is 3. The first-order chi connectivity index (χ1) is 12.3. The van der Waals surface area contributed by atoms with E-state index in [0.29, 0.717) is 17.9 Å². The van der Waals surface area contributed by atoms with Crippen molar-refractivity contribution in [1.82, 2.24) is 19.9 Å². The first kappa shape index (κ1) is 17.5. The molecule has 0 amide bonds. The molecule has 4 rings (SSSR count). The summed E-state index contributed by atoms with van der Waals surface area (Å²) in [5.74, 6) is -0.233. The fraction of sp³-hybridized carbons (Fsp3) is 0.556. The zero-order valence-electron chi connectivity index (χ0n) is 14.7. The van der Waals surface area contributed by atoms with Gasteiger partial charge in [-0.3, -0.25) is 9.80 Å². The smallest absolute Gasteiger partial charge is 0.338 e. The Kier molecular flexibility index (Phi) is 4.27. The number of nitrogens with zero attached hydrogens (tertiary/aromatic N) is 4. The lowest BCUT2D eigenvalue weighted by Crippen LogP contribution is -2.29. The van der Waals surface area contributed by atoms with E-state index in [1.54, 1.807) is 0 Å². The van der Waals surface area contributed by atoms with Crippen LogP contribution in [0.4, 0.5) is 13.2 Å². The predicted molar refractivity (Wildman–Crippen MR) is 88.1 cm³/mol. The molecule has 0 unspecified atom stereocenters. The van der Waals surface area contributed by atoms with Gasteiger partial charge in [0.1, 0.15) is 0 Å². The summed E-state index contributed by atoms with van der Waals surface area (Å²) in [5, 5.41) is 3.04. The van der Waals surface area contributed by atoms with Crippen LogP contribution >= 0.6 is 0 Å². The Morgan fingerprint density at radius 3 is 2.65 bits per heavy atom. The minimum Gasteiger partial charge on any atom is -0.338 e. The van der Waals surface area contributed by atoms with Crippen LogP contribution in [0.1, 0.15) is 28.9 Å². The third kappa shape index (κ3) is 3.12. The van der Waals surface area contributed by atoms with Crippen molar-refractivity contribution in [3.8, 4) is 0 Å². The number of hydrogen-bond donors (Lipinski definition) is 0. The van der Waals surface area contributed by atoms with E-state index in [1.807, 2.05) is 6.07 Å². The Morgan fingerprint density at radius 1 is 1.19 bits per heavy atom. The van der Waals surface area contributed by atoms with Crippen molar-refractivity contribution in [2.45, 2.75) is 25.7 Å². The minimum atomic E-state index is -4.57. The average Bonchev–Trinajstić information content (AvgIpc) is 3.23. The van der Waals surface area contributed by atoms with E-state index in [0.717, 1.165) is 19.6 Å². The second kappa shape index (κ2) is 6.35. The standard InChI is InChI=1S/C18H21F3N4O/c1-11-5-3-4-6-13(11)16-14-9-25(8-12(14)7-24(16)2)10-15-22-17(23-26-15)18(19,20)21/h3-6,12,14,16H,7-10H2,1-2H3/t12-,14+,16+/m0/s1. The second-order valence-electron chi connectivity index (χ2n) is 7.37. The van der Waals surface area contributed by atoms with Crippen molar-refractivity contribution in [3.63, 3.8) is 0 Å². The SMILES string of the molecule is Cc1ccccc1[C@@H]1[C@@H]2CN(Cc3nc(C(F)(F)F)no3)C[C@@H]2CN1C. The average molecular weight is 366 g/mol. The lowest BCUT2D eigenvalue weighted by molar-refractivity contribution is -0.146. The molecule has 2 aliphatic rings. The van der Waals surface area contributed by atoms with Gasteiger partial charge in [-0.25, -0.2) is 0 Å². The van der Waals surface area contributed by atoms with Crippen LogP contribution in [0.3, 0.4) is 0 Å². The van der Waals surface area contributed by atoms with Crippen LogP contribution in [0, 0.1) is 18.8 Å². The van der Waals surface area contributed by atoms with E-state index < -0.39 is 12.0 Å². The van der Waals surface area contributed by atoms with Crippen molar-refractivity contribution in [2.75, 3.05) is 26.7 Å². The molecule has 5 nitrogen and oxygen atoms in total. The Balaban J connectivity index is 1.48. The van der Waals surface area contributed by atoms with Gasteiger partial charge in [0.15, 0.2) is 0 Å². The molecule has 1 aromatic heterocycles. The Morgan fingerprint density at radius 2 is 1.96 bits per heavy atom. The number of hydrogen-bond acceptors (Lipinski definition) is 5. The van der Waals surface area contributed by atoms with Crippen LogP contribution in [0.2, 0.25) is 0 Å². The highest BCUT2D eigenvalue weighted by molar-refractivity contribution is 5.31. The summed E-state index contributed by atoms with van der Waals surface area (Å²) in [5.41, 5.74) is 2.61. The van der Waals surface area contributed by atoms with Crippen LogP contribution < -0.4 is 0 Å². The van der Waals surface area contributed by atoms with Crippen molar-refractivity contribution >= 4 is 0 Å². The molecule has 2 saturated heterocycles. The molecule has 26 heavy (non-hydrogen) atoms. The van der Waals surface area contributed by atoms with Crippen LogP contribution in [0.15, 0.2) is 28.8 Å². The molecule has 0 spiro atoms. The van der Waals surface area contributed by atoms with Gasteiger partial charge in [0.05, 0.1) is 6.54 Å². The largest absolute Gasteiger partial charge is 0.455 e. The summed E-state index contributed by atoms with van der Waals surface area (Å²) in [6.07, 6.45) is -4.57. The van der Waals surface area contributed by atoms with Crippen molar-refractivity contribution in [3.05, 3.63) is 47.1 Å². The second-order valence-corrected chi connectivity index (χ2v) is 7.37. The molecule has 0 bridgehead atoms. The van der Waals surface area contributed by atoms with Crippen molar-refractivity contribution < 1.29 is 17.7 Å². The number of likely N-dealkylation sites (tertiary alicyclic amines) is 2. The lowest BCUT2D eigenvalue weighted by Gasteiger charge is -2.27. The highest BCUT2D eigenvalue weighted by Crippen LogP contribution is 2.45. The van der Waals surface area contributed by atoms with E-state index >= 15 is 0 Å². The molecule has 2 fully saturated rings. The fourth-order valence-electron chi connectivity index (χ4n) is 4.49. The number of benzene rings is 1. The van der Waals surface area contributed by atoms with E-state index in [9.17, 15) is 13.2 Å². The molecule has 2 aromatic rings. The number of alkyl halides is 3. The van der Waals surface area contributed by atoms with Gasteiger partial charge < -0.3 is 4.52 Å². The zero-order chi connectivity index (χ0) is 18.5. The van der Waals surface area contributed by atoms with E-state index in [1.165, 1.54) is 11.1 Å². The highest BCUT2D eigenvalue weighted by atomic mass is 19.4. The summed E-state index contributed by atoms with van der Waals surface area (Å²) in [6.45, 7) is 5.03. The van der Waals surface area contributed by atoms with Crippen molar-refractivity contribution in [2.24, 2.45) is 11.8 Å². The van der Waals surface area contributed by atoms with Crippen molar-refractivity contribution in [1.29, 1.82) is 0 Å². The molecule has 1 aromatic carbocycles. The van der Waals surface area contributed by atoms with E-state index in [4.69, 9.17) is 4.52 Å². The third-order valence-electron chi connectivity index (χ3n) is 5.56. The van der Waals surface area contributed by atoms with Gasteiger partial charge in [-0.2, -0.15) is 18.2 Å². The van der Waals surface area contributed by atoms with E-state index in [2.05, 4.69) is 52.1 Å². The number of aromatic nitrogens is 2. The molecule has 8 heteroatoms. The summed E-state index contributed by atoms with van der Waals surface area (Å²) < 4.78 is 42.6. The maximum absolute atomic E-state index is 12.6. The number of halogens is 3. The highest BCUT2D eigenvalue weighted by Gasteiger charge is 2.46. The molecule has 0 aliphatic carbocycles. The maximum atomic E-state index is 12.6. The fourth-order valence-corrected chi connectivity index (χ4v) is 4.49. The molecule has 140 valence electrons. The monoisotopic (exact) mass is 366 g/mol. The van der Waals surface area contributed by atoms with Crippen LogP contribution in [0.25, 0.3) is 0 Å². The summed E-state index contributed by atoms with van der Waals surface area (Å²) in [7, 11) is 2.15. The van der Waals surface area contributed by atoms with Gasteiger partial charge in [-0.05, 0) is 36.9 Å². The normalized spacial score (nSPS) is 27.2. The topological polar surface area (TPSA) is 45.4 Å². The molecule has 0 N–H and O–H groups in total. The predicted octanol–water partition coefficient (Wildman–Crippen LogP) is 3.13. The minimum absolute atomic E-state index is 0.0260. The van der Waals surface area contributed by atoms with Gasteiger partial charge in [0.2, 0.25) is 5.89 Å². The van der Waals surface area contributed by atoms with Gasteiger partial charge in [-0.15, -0.1) is 0 Å². The number of fused-ring (bicyclic) bond motifs is 1. The summed E-state index contributed by atoms with van der Waals surface area (Å²) in [6, 6.07) is 8.74. The van der Waals surface area contributed by atoms with Crippen LogP contribution in [-0.2, 0) is 12.7 Å². The Labute approximate surface area is 149 Å². The summed E-state index contributed by atoms with van der Waals surface area (Å²) in [4.78, 5) is 8.01. The summed E-state index contributed by atoms with van der Waals surface area (Å²) >= 11 is 0. The molecular weight excluding hydrogens is 345 g/mol. The quantitative estimate of drug-likeness (QED) is 0.835. The van der Waals surface area contributed by atoms with Crippen LogP contribution in [0.5, 0.6) is 0 Å². The molecule has 0 radical (unpaired) electrons. The zero-order valence-corrected chi connectivity index (χ0v) is 14.7. The molecule has 3 heterocycles. The van der Waals surface area contributed by atoms with Gasteiger partial charge in [0.25, 0.3) is 5.82 Å². The molecule has 2 aliphatic heterocycles. The molecular formula is C18H21F3N4O. The third-order valence-corrected chi connectivity index (χ3v) is 5.56. The van der Waals surface area contributed by atoms with Gasteiger partial charge in [0, 0.05) is 25.7 Å². The molecule has 0 saturated carbocycles. The number of aryl methyl sites for hydroxylation is 1. The Hall–Kier alpha value is -1.93. The van der Waals surface area contributed by atoms with E-state index in [-0.39, 0.29) is 12.4 Å². The lowest BCUT2D eigenvalue weighted by atomic mass is 9.88. The first-order valence-electron chi connectivity index (χ1n) is 8.71. The molecule has 3 atom stereocenters. The van der Waals surface area contributed by atoms with Gasteiger partial charge >= 0.3 is 6.18 Å². The van der Waals surface area contributed by atoms with Gasteiger partial charge in [-0.1, -0.05) is 29.4 Å². The Bertz CT molecular complexity index is 791. The maximum Gasteiger partial charge on any atom is 0.455 e.